The second kappa shape index (κ2) is 7.88. The molecule has 0 aliphatic heterocycles. The fourth-order valence-electron chi connectivity index (χ4n) is 2.71. The van der Waals surface area contributed by atoms with Gasteiger partial charge in [0.05, 0.1) is 30.1 Å². The van der Waals surface area contributed by atoms with Crippen LogP contribution in [0.1, 0.15) is 20.3 Å². The Labute approximate surface area is 148 Å². The number of aromatic nitrogens is 1. The van der Waals surface area contributed by atoms with Crippen molar-refractivity contribution in [3.63, 3.8) is 0 Å². The van der Waals surface area contributed by atoms with Crippen molar-refractivity contribution in [2.75, 3.05) is 17.6 Å². The molecule has 3 N–H and O–H groups in total. The van der Waals surface area contributed by atoms with Crippen LogP contribution in [0.4, 0.5) is 5.69 Å². The average Bonchev–Trinajstić information content (AvgIpc) is 2.94. The summed E-state index contributed by atoms with van der Waals surface area (Å²) in [5, 5.41) is 13.0. The molecule has 0 radical (unpaired) electrons. The highest BCUT2D eigenvalue weighted by atomic mass is 32.2. The number of sulfonamides is 1. The van der Waals surface area contributed by atoms with E-state index in [0.717, 1.165) is 23.6 Å². The maximum Gasteiger partial charge on any atom is 0.240 e. The van der Waals surface area contributed by atoms with Gasteiger partial charge in [0, 0.05) is 11.6 Å². The third-order valence-corrected chi connectivity index (χ3v) is 4.89. The Balaban J connectivity index is 2.19. The van der Waals surface area contributed by atoms with Crippen molar-refractivity contribution in [3.8, 4) is 0 Å². The van der Waals surface area contributed by atoms with Crippen LogP contribution < -0.4 is 10.0 Å². The Morgan fingerprint density at radius 2 is 2.04 bits per heavy atom. The number of nitrogens with zero attached hydrogens (tertiary/aromatic N) is 1. The Bertz CT molecular complexity index is 845. The number of carbonyl (C=O) groups is 1. The molecule has 0 bridgehead atoms. The molecule has 7 nitrogen and oxygen atoms in total. The number of amides is 1. The Morgan fingerprint density at radius 3 is 2.64 bits per heavy atom. The van der Waals surface area contributed by atoms with Gasteiger partial charge in [0.2, 0.25) is 15.9 Å². The highest BCUT2D eigenvalue weighted by Gasteiger charge is 2.18. The van der Waals surface area contributed by atoms with Gasteiger partial charge in [-0.05, 0) is 24.1 Å². The van der Waals surface area contributed by atoms with Crippen LogP contribution in [0.5, 0.6) is 0 Å². The van der Waals surface area contributed by atoms with Gasteiger partial charge in [-0.1, -0.05) is 26.3 Å². The lowest BCUT2D eigenvalue weighted by molar-refractivity contribution is -0.123. The summed E-state index contributed by atoms with van der Waals surface area (Å²) in [4.78, 5) is 12.3. The van der Waals surface area contributed by atoms with Gasteiger partial charge < -0.3 is 15.0 Å². The second-order valence-electron chi connectivity index (χ2n) is 6.30. The van der Waals surface area contributed by atoms with Crippen LogP contribution in [-0.4, -0.2) is 42.9 Å². The van der Waals surface area contributed by atoms with Crippen LogP contribution >= 0.6 is 0 Å². The van der Waals surface area contributed by atoms with Gasteiger partial charge in [0.1, 0.15) is 6.54 Å². The Hall–Kier alpha value is -2.06. The quantitative estimate of drug-likeness (QED) is 0.659. The zero-order valence-electron chi connectivity index (χ0n) is 14.7. The lowest BCUT2D eigenvalue weighted by Crippen LogP contribution is -2.43. The van der Waals surface area contributed by atoms with E-state index in [1.165, 1.54) is 0 Å². The second-order valence-corrected chi connectivity index (χ2v) is 8.05. The van der Waals surface area contributed by atoms with Gasteiger partial charge >= 0.3 is 0 Å². The van der Waals surface area contributed by atoms with Crippen molar-refractivity contribution in [2.24, 2.45) is 5.92 Å². The van der Waals surface area contributed by atoms with E-state index < -0.39 is 10.0 Å². The van der Waals surface area contributed by atoms with Gasteiger partial charge in [0.15, 0.2) is 0 Å². The lowest BCUT2D eigenvalue weighted by Gasteiger charge is -2.22. The van der Waals surface area contributed by atoms with E-state index in [-0.39, 0.29) is 31.0 Å². The fraction of sp³-hybridized carbons (Fsp3) is 0.471. The molecule has 2 rings (SSSR count). The number of carbonyl (C=O) groups excluding carboxylic acids is 1. The molecule has 2 aromatic rings. The highest BCUT2D eigenvalue weighted by Crippen LogP contribution is 2.25. The first-order chi connectivity index (χ1) is 11.7. The molecular formula is C17H25N3O4S. The maximum atomic E-state index is 12.3. The van der Waals surface area contributed by atoms with Crippen molar-refractivity contribution < 1.29 is 18.3 Å². The number of aliphatic hydroxyl groups excluding tert-OH is 1. The third kappa shape index (κ3) is 4.96. The molecule has 0 saturated carbocycles. The van der Waals surface area contributed by atoms with Gasteiger partial charge in [0.25, 0.3) is 0 Å². The summed E-state index contributed by atoms with van der Waals surface area (Å²) in [6.07, 6.45) is 3.70. The molecule has 0 spiro atoms. The van der Waals surface area contributed by atoms with Crippen molar-refractivity contribution in [3.05, 3.63) is 30.5 Å². The van der Waals surface area contributed by atoms with Crippen molar-refractivity contribution in [1.29, 1.82) is 0 Å². The standard InChI is InChI=1S/C17H25N3O4S/c1-4-12(2)15(11-21)18-17(22)10-20-9-8-13-14(19-25(3,23)24)6-5-7-16(13)20/h5-9,12,15,19,21H,4,10-11H2,1-3H3,(H,18,22). The predicted molar refractivity (Wildman–Crippen MR) is 98.9 cm³/mol. The van der Waals surface area contributed by atoms with E-state index in [4.69, 9.17) is 0 Å². The van der Waals surface area contributed by atoms with Gasteiger partial charge in [-0.2, -0.15) is 0 Å². The number of fused-ring (bicyclic) bond motifs is 1. The topological polar surface area (TPSA) is 100 Å². The minimum atomic E-state index is -3.38. The molecule has 1 aromatic carbocycles. The Morgan fingerprint density at radius 1 is 1.32 bits per heavy atom. The van der Waals surface area contributed by atoms with Gasteiger partial charge in [-0.15, -0.1) is 0 Å². The SMILES string of the molecule is CCC(C)C(CO)NC(=O)Cn1ccc2c(NS(C)(=O)=O)cccc21. The summed E-state index contributed by atoms with van der Waals surface area (Å²) < 4.78 is 27.2. The van der Waals surface area contributed by atoms with E-state index in [9.17, 15) is 18.3 Å². The van der Waals surface area contributed by atoms with Gasteiger partial charge in [-0.25, -0.2) is 8.42 Å². The molecule has 1 aromatic heterocycles. The summed E-state index contributed by atoms with van der Waals surface area (Å²) in [5.41, 5.74) is 1.24. The van der Waals surface area contributed by atoms with Crippen LogP contribution in [0.15, 0.2) is 30.5 Å². The van der Waals surface area contributed by atoms with E-state index >= 15 is 0 Å². The normalized spacial score (nSPS) is 14.2. The summed E-state index contributed by atoms with van der Waals surface area (Å²) in [7, 11) is -3.38. The van der Waals surface area contributed by atoms with Crippen molar-refractivity contribution >= 4 is 32.5 Å². The number of anilines is 1. The molecule has 0 aliphatic rings. The molecule has 8 heteroatoms. The van der Waals surface area contributed by atoms with Gasteiger partial charge in [-0.3, -0.25) is 9.52 Å². The fourth-order valence-corrected chi connectivity index (χ4v) is 3.29. The maximum absolute atomic E-state index is 12.3. The minimum absolute atomic E-state index is 0.0960. The van der Waals surface area contributed by atoms with Crippen molar-refractivity contribution in [1.82, 2.24) is 9.88 Å². The summed E-state index contributed by atoms with van der Waals surface area (Å²) in [6.45, 7) is 3.99. The van der Waals surface area contributed by atoms with E-state index in [1.54, 1.807) is 29.0 Å². The zero-order chi connectivity index (χ0) is 18.6. The third-order valence-electron chi connectivity index (χ3n) is 4.30. The molecule has 2 unspecified atom stereocenters. The van der Waals surface area contributed by atoms with Crippen LogP contribution in [0, 0.1) is 5.92 Å². The number of benzene rings is 1. The largest absolute Gasteiger partial charge is 0.394 e. The zero-order valence-corrected chi connectivity index (χ0v) is 15.5. The molecule has 25 heavy (non-hydrogen) atoms. The molecule has 0 aliphatic carbocycles. The van der Waals surface area contributed by atoms with E-state index in [1.807, 2.05) is 19.9 Å². The number of rotatable bonds is 8. The summed E-state index contributed by atoms with van der Waals surface area (Å²) in [6, 6.07) is 6.74. The number of hydrogen-bond acceptors (Lipinski definition) is 4. The molecule has 1 heterocycles. The number of nitrogens with one attached hydrogen (secondary N) is 2. The minimum Gasteiger partial charge on any atom is -0.394 e. The summed E-state index contributed by atoms with van der Waals surface area (Å²) in [5.74, 6) is -0.0146. The highest BCUT2D eigenvalue weighted by molar-refractivity contribution is 7.92. The van der Waals surface area contributed by atoms with Crippen LogP contribution in [0.3, 0.4) is 0 Å². The number of hydrogen-bond donors (Lipinski definition) is 3. The monoisotopic (exact) mass is 367 g/mol. The number of aliphatic hydroxyl groups is 1. The van der Waals surface area contributed by atoms with Crippen molar-refractivity contribution in [2.45, 2.75) is 32.9 Å². The van der Waals surface area contributed by atoms with E-state index in [2.05, 4.69) is 10.0 Å². The first kappa shape index (κ1) is 19.3. The Kier molecular flexibility index (Phi) is 6.07. The van der Waals surface area contributed by atoms with E-state index in [0.29, 0.717) is 5.69 Å². The molecule has 0 saturated heterocycles. The molecule has 138 valence electrons. The smallest absolute Gasteiger partial charge is 0.240 e. The molecule has 0 fully saturated rings. The molecule has 1 amide bonds. The predicted octanol–water partition coefficient (Wildman–Crippen LogP) is 1.54. The molecule has 2 atom stereocenters. The van der Waals surface area contributed by atoms with Crippen LogP contribution in [-0.2, 0) is 21.4 Å². The van der Waals surface area contributed by atoms with Crippen LogP contribution in [0.25, 0.3) is 10.9 Å². The summed E-state index contributed by atoms with van der Waals surface area (Å²) >= 11 is 0. The first-order valence-corrected chi connectivity index (χ1v) is 10.1. The average molecular weight is 367 g/mol. The first-order valence-electron chi connectivity index (χ1n) is 8.21. The molecular weight excluding hydrogens is 342 g/mol. The van der Waals surface area contributed by atoms with Crippen LogP contribution in [0.2, 0.25) is 0 Å². The lowest BCUT2D eigenvalue weighted by atomic mass is 10.00.